The van der Waals surface area contributed by atoms with Crippen molar-refractivity contribution in [3.63, 3.8) is 0 Å². The lowest BCUT2D eigenvalue weighted by Gasteiger charge is -2.18. The molecule has 0 aliphatic carbocycles. The van der Waals surface area contributed by atoms with Gasteiger partial charge in [0.05, 0.1) is 10.6 Å². The second-order valence-corrected chi connectivity index (χ2v) is 9.66. The molecular formula is C21H20N2O5S2. The molecule has 30 heavy (non-hydrogen) atoms. The SMILES string of the molecule is O=C(CCS(=O)(=O)c1ccc2c(c1)OCCO2)N=c1sccn1Cc1ccccc1. The van der Waals surface area contributed by atoms with Gasteiger partial charge < -0.3 is 14.0 Å². The first kappa shape index (κ1) is 20.4. The third kappa shape index (κ3) is 4.80. The second-order valence-electron chi connectivity index (χ2n) is 6.68. The highest BCUT2D eigenvalue weighted by molar-refractivity contribution is 7.91. The van der Waals surface area contributed by atoms with E-state index in [2.05, 4.69) is 4.99 Å². The van der Waals surface area contributed by atoms with Crippen LogP contribution in [-0.2, 0) is 21.2 Å². The number of carbonyl (C=O) groups is 1. The molecule has 9 heteroatoms. The molecule has 1 aliphatic rings. The van der Waals surface area contributed by atoms with Crippen molar-refractivity contribution in [2.45, 2.75) is 17.9 Å². The van der Waals surface area contributed by atoms with E-state index in [1.165, 1.54) is 23.5 Å². The summed E-state index contributed by atoms with van der Waals surface area (Å²) >= 11 is 1.34. The quantitative estimate of drug-likeness (QED) is 0.583. The molecule has 0 fully saturated rings. The van der Waals surface area contributed by atoms with Crippen LogP contribution in [0.4, 0.5) is 0 Å². The molecule has 0 bridgehead atoms. The fourth-order valence-corrected chi connectivity index (χ4v) is 4.99. The Morgan fingerprint density at radius 3 is 2.63 bits per heavy atom. The molecule has 0 spiro atoms. The number of amides is 1. The lowest BCUT2D eigenvalue weighted by Crippen LogP contribution is -2.18. The van der Waals surface area contributed by atoms with Crippen LogP contribution in [0.2, 0.25) is 0 Å². The molecule has 156 valence electrons. The first-order valence-electron chi connectivity index (χ1n) is 9.39. The number of aromatic nitrogens is 1. The molecule has 1 aliphatic heterocycles. The van der Waals surface area contributed by atoms with Gasteiger partial charge in [0.15, 0.2) is 26.1 Å². The Hall–Kier alpha value is -2.91. The van der Waals surface area contributed by atoms with E-state index in [0.717, 1.165) is 5.56 Å². The van der Waals surface area contributed by atoms with E-state index >= 15 is 0 Å². The van der Waals surface area contributed by atoms with Gasteiger partial charge in [-0.15, -0.1) is 11.3 Å². The first-order chi connectivity index (χ1) is 14.5. The topological polar surface area (TPSA) is 87.0 Å². The number of carbonyl (C=O) groups excluding carboxylic acids is 1. The molecule has 0 saturated carbocycles. The van der Waals surface area contributed by atoms with Crippen LogP contribution in [-0.4, -0.2) is 37.9 Å². The van der Waals surface area contributed by atoms with E-state index in [-0.39, 0.29) is 17.1 Å². The van der Waals surface area contributed by atoms with Crippen LogP contribution < -0.4 is 14.3 Å². The van der Waals surface area contributed by atoms with E-state index in [4.69, 9.17) is 9.47 Å². The lowest BCUT2D eigenvalue weighted by molar-refractivity contribution is -0.117. The smallest absolute Gasteiger partial charge is 0.249 e. The standard InChI is InChI=1S/C21H20N2O5S2/c24-20(22-21-23(9-12-29-21)15-16-4-2-1-3-5-16)8-13-30(25,26)17-6-7-18-19(14-17)28-11-10-27-18/h1-7,9,12,14H,8,10-11,13,15H2. The van der Waals surface area contributed by atoms with Crippen molar-refractivity contribution in [3.05, 3.63) is 70.5 Å². The number of thiazole rings is 1. The van der Waals surface area contributed by atoms with Crippen molar-refractivity contribution in [1.29, 1.82) is 0 Å². The van der Waals surface area contributed by atoms with Crippen molar-refractivity contribution in [1.82, 2.24) is 4.57 Å². The van der Waals surface area contributed by atoms with Crippen molar-refractivity contribution in [3.8, 4) is 11.5 Å². The molecule has 0 N–H and O–H groups in total. The summed E-state index contributed by atoms with van der Waals surface area (Å²) in [6.45, 7) is 1.39. The van der Waals surface area contributed by atoms with Crippen LogP contribution in [0.3, 0.4) is 0 Å². The van der Waals surface area contributed by atoms with Crippen molar-refractivity contribution < 1.29 is 22.7 Å². The van der Waals surface area contributed by atoms with Crippen LogP contribution in [0.1, 0.15) is 12.0 Å². The van der Waals surface area contributed by atoms with E-state index in [1.807, 2.05) is 46.5 Å². The fraction of sp³-hybridized carbons (Fsp3) is 0.238. The Labute approximate surface area is 178 Å². The van der Waals surface area contributed by atoms with Crippen LogP contribution in [0, 0.1) is 0 Å². The van der Waals surface area contributed by atoms with Gasteiger partial charge in [-0.3, -0.25) is 4.79 Å². The molecule has 0 radical (unpaired) electrons. The maximum Gasteiger partial charge on any atom is 0.249 e. The summed E-state index contributed by atoms with van der Waals surface area (Å²) in [4.78, 5) is 17.1. The summed E-state index contributed by atoms with van der Waals surface area (Å²) in [5.74, 6) is 0.130. The van der Waals surface area contributed by atoms with Crippen LogP contribution in [0.15, 0.2) is 70.0 Å². The number of sulfone groups is 1. The predicted molar refractivity (Wildman–Crippen MR) is 113 cm³/mol. The average Bonchev–Trinajstić information content (AvgIpc) is 3.19. The van der Waals surface area contributed by atoms with Gasteiger partial charge in [0.1, 0.15) is 13.2 Å². The van der Waals surface area contributed by atoms with E-state index in [9.17, 15) is 13.2 Å². The molecule has 2 aromatic carbocycles. The fourth-order valence-electron chi connectivity index (χ4n) is 3.01. The zero-order valence-corrected chi connectivity index (χ0v) is 17.7. The van der Waals surface area contributed by atoms with Gasteiger partial charge in [-0.1, -0.05) is 30.3 Å². The van der Waals surface area contributed by atoms with Crippen molar-refractivity contribution in [2.75, 3.05) is 19.0 Å². The monoisotopic (exact) mass is 444 g/mol. The Kier molecular flexibility index (Phi) is 6.01. The number of hydrogen-bond donors (Lipinski definition) is 0. The number of nitrogens with zero attached hydrogens (tertiary/aromatic N) is 2. The summed E-state index contributed by atoms with van der Waals surface area (Å²) < 4.78 is 38.0. The maximum absolute atomic E-state index is 12.6. The van der Waals surface area contributed by atoms with Crippen molar-refractivity contribution >= 4 is 27.1 Å². The molecule has 0 saturated heterocycles. The maximum atomic E-state index is 12.6. The molecule has 0 unspecified atom stereocenters. The first-order valence-corrected chi connectivity index (χ1v) is 11.9. The van der Waals surface area contributed by atoms with E-state index in [1.54, 1.807) is 6.07 Å². The zero-order chi connectivity index (χ0) is 21.0. The summed E-state index contributed by atoms with van der Waals surface area (Å²) in [6, 6.07) is 14.3. The minimum Gasteiger partial charge on any atom is -0.486 e. The highest BCUT2D eigenvalue weighted by Gasteiger charge is 2.20. The van der Waals surface area contributed by atoms with E-state index in [0.29, 0.717) is 36.1 Å². The second kappa shape index (κ2) is 8.85. The Bertz CT molecular complexity index is 1210. The average molecular weight is 445 g/mol. The van der Waals surface area contributed by atoms with Gasteiger partial charge in [0.2, 0.25) is 5.91 Å². The molecule has 2 heterocycles. The number of ether oxygens (including phenoxy) is 2. The summed E-state index contributed by atoms with van der Waals surface area (Å²) in [5.41, 5.74) is 1.09. The summed E-state index contributed by atoms with van der Waals surface area (Å²) in [5, 5.41) is 1.85. The van der Waals surface area contributed by atoms with Gasteiger partial charge in [0.25, 0.3) is 0 Å². The number of benzene rings is 2. The number of hydrogen-bond acceptors (Lipinski definition) is 6. The molecule has 4 rings (SSSR count). The van der Waals surface area contributed by atoms with Gasteiger partial charge in [-0.05, 0) is 17.7 Å². The normalized spacial score (nSPS) is 13.9. The predicted octanol–water partition coefficient (Wildman–Crippen LogP) is 2.66. The number of fused-ring (bicyclic) bond motifs is 1. The van der Waals surface area contributed by atoms with Crippen molar-refractivity contribution in [2.24, 2.45) is 4.99 Å². The Morgan fingerprint density at radius 1 is 1.07 bits per heavy atom. The van der Waals surface area contributed by atoms with Crippen LogP contribution in [0.25, 0.3) is 0 Å². The molecular weight excluding hydrogens is 424 g/mol. The largest absolute Gasteiger partial charge is 0.486 e. The molecule has 3 aromatic rings. The van der Waals surface area contributed by atoms with Crippen LogP contribution in [0.5, 0.6) is 11.5 Å². The van der Waals surface area contributed by atoms with E-state index < -0.39 is 15.7 Å². The number of rotatable bonds is 6. The minimum atomic E-state index is -3.65. The molecule has 1 aromatic heterocycles. The lowest BCUT2D eigenvalue weighted by atomic mass is 10.2. The minimum absolute atomic E-state index is 0.106. The molecule has 7 nitrogen and oxygen atoms in total. The Balaban J connectivity index is 1.44. The molecule has 0 atom stereocenters. The highest BCUT2D eigenvalue weighted by Crippen LogP contribution is 2.32. The van der Waals surface area contributed by atoms with Gasteiger partial charge >= 0.3 is 0 Å². The third-order valence-corrected chi connectivity index (χ3v) is 7.04. The van der Waals surface area contributed by atoms with Gasteiger partial charge in [-0.2, -0.15) is 4.99 Å². The Morgan fingerprint density at radius 2 is 1.83 bits per heavy atom. The van der Waals surface area contributed by atoms with Crippen LogP contribution >= 0.6 is 11.3 Å². The summed E-state index contributed by atoms with van der Waals surface area (Å²) in [7, 11) is -3.65. The molecule has 1 amide bonds. The van der Waals surface area contributed by atoms with Gasteiger partial charge in [0, 0.05) is 30.6 Å². The third-order valence-electron chi connectivity index (χ3n) is 4.53. The summed E-state index contributed by atoms with van der Waals surface area (Å²) in [6.07, 6.45) is 1.66. The van der Waals surface area contributed by atoms with Gasteiger partial charge in [-0.25, -0.2) is 8.42 Å². The zero-order valence-electron chi connectivity index (χ0n) is 16.1. The highest BCUT2D eigenvalue weighted by atomic mass is 32.2.